The third-order valence-electron chi connectivity index (χ3n) is 5.43. The van der Waals surface area contributed by atoms with Gasteiger partial charge in [-0.25, -0.2) is 4.39 Å². The molecule has 1 heterocycles. The Labute approximate surface area is 161 Å². The van der Waals surface area contributed by atoms with E-state index in [2.05, 4.69) is 37.5 Å². The Hall–Kier alpha value is -2.33. The summed E-state index contributed by atoms with van der Waals surface area (Å²) < 4.78 is 14.1. The van der Waals surface area contributed by atoms with Crippen molar-refractivity contribution in [3.05, 3.63) is 64.7 Å². The molecular weight excluding hydrogens is 337 g/mol. The van der Waals surface area contributed by atoms with Crippen molar-refractivity contribution in [3.8, 4) is 0 Å². The Morgan fingerprint density at radius 1 is 1.19 bits per heavy atom. The van der Waals surface area contributed by atoms with E-state index in [4.69, 9.17) is 5.73 Å². The molecule has 0 spiro atoms. The van der Waals surface area contributed by atoms with Crippen molar-refractivity contribution >= 4 is 23.0 Å². The maximum Gasteiger partial charge on any atom is 0.130 e. The molecule has 4 heteroatoms. The number of nitrogens with two attached hydrogens (primary N) is 1. The molecule has 2 unspecified atom stereocenters. The van der Waals surface area contributed by atoms with Gasteiger partial charge >= 0.3 is 0 Å². The highest BCUT2D eigenvalue weighted by atomic mass is 19.1. The van der Waals surface area contributed by atoms with Crippen LogP contribution >= 0.6 is 0 Å². The van der Waals surface area contributed by atoms with Crippen LogP contribution in [0, 0.1) is 17.7 Å². The molecule has 0 saturated carbocycles. The number of anilines is 1. The summed E-state index contributed by atoms with van der Waals surface area (Å²) in [7, 11) is 0. The minimum Gasteiger partial charge on any atom is -0.666 e. The van der Waals surface area contributed by atoms with Crippen LogP contribution in [0.3, 0.4) is 0 Å². The first-order valence-corrected chi connectivity index (χ1v) is 9.80. The average Bonchev–Trinajstić information content (AvgIpc) is 2.65. The first-order chi connectivity index (χ1) is 13.0. The van der Waals surface area contributed by atoms with E-state index in [1.54, 1.807) is 12.1 Å². The standard InChI is InChI=1S/C23H29FN3/c1-4-16(15(2)3)11-12-26-18-10-9-17-13-20(23(25)27-22(17)14-18)19-7-5-6-8-21(19)24/h5-10,13-16,23,26H,4,11-12,25H2,1-3H3/q-1. The van der Waals surface area contributed by atoms with Crippen molar-refractivity contribution in [1.29, 1.82) is 0 Å². The summed E-state index contributed by atoms with van der Waals surface area (Å²) in [5, 5.41) is 8.10. The highest BCUT2D eigenvalue weighted by Gasteiger charge is 2.14. The fraction of sp³-hybridized carbons (Fsp3) is 0.391. The van der Waals surface area contributed by atoms with Crippen LogP contribution in [-0.2, 0) is 0 Å². The highest BCUT2D eigenvalue weighted by Crippen LogP contribution is 2.40. The van der Waals surface area contributed by atoms with E-state index in [9.17, 15) is 4.39 Å². The van der Waals surface area contributed by atoms with E-state index in [1.165, 1.54) is 12.5 Å². The number of nitrogens with one attached hydrogen (secondary N) is 1. The predicted octanol–water partition coefficient (Wildman–Crippen LogP) is 6.15. The molecule has 2 aromatic carbocycles. The Morgan fingerprint density at radius 3 is 2.67 bits per heavy atom. The second-order valence-corrected chi connectivity index (χ2v) is 7.55. The number of halogens is 1. The van der Waals surface area contributed by atoms with Gasteiger partial charge in [0.1, 0.15) is 5.82 Å². The lowest BCUT2D eigenvalue weighted by Gasteiger charge is -2.38. The Morgan fingerprint density at radius 2 is 1.96 bits per heavy atom. The lowest BCUT2D eigenvalue weighted by molar-refractivity contribution is 0.357. The van der Waals surface area contributed by atoms with Gasteiger partial charge in [-0.15, -0.1) is 5.69 Å². The SMILES string of the molecule is CCC(CCNc1ccc2c(c1)[N-]C(N)C(c1ccccc1F)=C2)C(C)C. The summed E-state index contributed by atoms with van der Waals surface area (Å²) in [5.74, 6) is 1.17. The van der Waals surface area contributed by atoms with Gasteiger partial charge in [0.05, 0.1) is 0 Å². The van der Waals surface area contributed by atoms with Crippen LogP contribution in [0.25, 0.3) is 17.0 Å². The number of fused-ring (bicyclic) bond motifs is 1. The summed E-state index contributed by atoms with van der Waals surface area (Å²) in [5.41, 5.74) is 10.3. The quantitative estimate of drug-likeness (QED) is 0.617. The zero-order chi connectivity index (χ0) is 19.4. The van der Waals surface area contributed by atoms with Gasteiger partial charge in [0, 0.05) is 17.8 Å². The van der Waals surface area contributed by atoms with Crippen LogP contribution in [0.2, 0.25) is 0 Å². The zero-order valence-corrected chi connectivity index (χ0v) is 16.4. The normalized spacial score (nSPS) is 17.1. The van der Waals surface area contributed by atoms with Crippen LogP contribution in [0.4, 0.5) is 15.8 Å². The van der Waals surface area contributed by atoms with Crippen LogP contribution in [0.15, 0.2) is 42.5 Å². The Bertz CT molecular complexity index is 813. The Balaban J connectivity index is 1.74. The van der Waals surface area contributed by atoms with Gasteiger partial charge < -0.3 is 16.4 Å². The van der Waals surface area contributed by atoms with E-state index in [1.807, 2.05) is 24.3 Å². The lowest BCUT2D eigenvalue weighted by Crippen LogP contribution is -2.22. The van der Waals surface area contributed by atoms with Crippen LogP contribution in [-0.4, -0.2) is 12.7 Å². The van der Waals surface area contributed by atoms with Gasteiger partial charge in [-0.3, -0.25) is 0 Å². The summed E-state index contributed by atoms with van der Waals surface area (Å²) in [6.07, 6.45) is 3.74. The van der Waals surface area contributed by atoms with Crippen LogP contribution in [0.5, 0.6) is 0 Å². The molecule has 0 aromatic heterocycles. The molecule has 1 aliphatic rings. The third-order valence-corrected chi connectivity index (χ3v) is 5.43. The van der Waals surface area contributed by atoms with E-state index in [0.29, 0.717) is 17.1 Å². The second kappa shape index (κ2) is 8.57. The number of hydrogen-bond acceptors (Lipinski definition) is 2. The number of nitrogens with zero attached hydrogens (tertiary/aromatic N) is 1. The van der Waals surface area contributed by atoms with Crippen molar-refractivity contribution in [1.82, 2.24) is 0 Å². The number of hydrogen-bond donors (Lipinski definition) is 2. The van der Waals surface area contributed by atoms with E-state index < -0.39 is 6.17 Å². The lowest BCUT2D eigenvalue weighted by atomic mass is 9.90. The van der Waals surface area contributed by atoms with Gasteiger partial charge in [0.15, 0.2) is 0 Å². The monoisotopic (exact) mass is 366 g/mol. The van der Waals surface area contributed by atoms with Crippen molar-refractivity contribution in [3.63, 3.8) is 0 Å². The van der Waals surface area contributed by atoms with E-state index in [0.717, 1.165) is 35.8 Å². The van der Waals surface area contributed by atoms with Crippen LogP contribution in [0.1, 0.15) is 44.7 Å². The molecule has 2 atom stereocenters. The highest BCUT2D eigenvalue weighted by molar-refractivity contribution is 5.94. The first kappa shape index (κ1) is 19.4. The fourth-order valence-corrected chi connectivity index (χ4v) is 3.70. The van der Waals surface area contributed by atoms with Gasteiger partial charge in [0.2, 0.25) is 0 Å². The van der Waals surface area contributed by atoms with Gasteiger partial charge in [-0.2, -0.15) is 0 Å². The predicted molar refractivity (Wildman–Crippen MR) is 113 cm³/mol. The van der Waals surface area contributed by atoms with Crippen molar-refractivity contribution in [2.45, 2.75) is 39.8 Å². The topological polar surface area (TPSA) is 52.2 Å². The third kappa shape index (κ3) is 4.51. The molecule has 3 rings (SSSR count). The average molecular weight is 367 g/mol. The summed E-state index contributed by atoms with van der Waals surface area (Å²) >= 11 is 0. The van der Waals surface area contributed by atoms with Crippen molar-refractivity contribution < 1.29 is 4.39 Å². The fourth-order valence-electron chi connectivity index (χ4n) is 3.70. The molecule has 0 saturated heterocycles. The van der Waals surface area contributed by atoms with Gasteiger partial charge in [-0.1, -0.05) is 63.6 Å². The minimum absolute atomic E-state index is 0.272. The van der Waals surface area contributed by atoms with Crippen LogP contribution < -0.4 is 11.1 Å². The number of benzene rings is 2. The molecule has 0 radical (unpaired) electrons. The Kier molecular flexibility index (Phi) is 6.17. The summed E-state index contributed by atoms with van der Waals surface area (Å²) in [6.45, 7) is 7.76. The second-order valence-electron chi connectivity index (χ2n) is 7.55. The largest absolute Gasteiger partial charge is 0.666 e. The molecule has 144 valence electrons. The summed E-state index contributed by atoms with van der Waals surface area (Å²) in [4.78, 5) is 0. The van der Waals surface area contributed by atoms with E-state index >= 15 is 0 Å². The van der Waals surface area contributed by atoms with Gasteiger partial charge in [-0.05, 0) is 47.7 Å². The maximum absolute atomic E-state index is 14.1. The molecule has 3 N–H and O–H groups in total. The molecule has 3 nitrogen and oxygen atoms in total. The molecule has 0 aliphatic carbocycles. The van der Waals surface area contributed by atoms with Crippen molar-refractivity contribution in [2.24, 2.45) is 17.6 Å². The minimum atomic E-state index is -0.560. The smallest absolute Gasteiger partial charge is 0.130 e. The summed E-state index contributed by atoms with van der Waals surface area (Å²) in [6, 6.07) is 12.8. The molecule has 1 aliphatic heterocycles. The molecule has 0 fully saturated rings. The first-order valence-electron chi connectivity index (χ1n) is 9.80. The number of rotatable bonds is 7. The maximum atomic E-state index is 14.1. The molecule has 0 amide bonds. The molecule has 0 bridgehead atoms. The molecule has 27 heavy (non-hydrogen) atoms. The zero-order valence-electron chi connectivity index (χ0n) is 16.4. The molecule has 2 aromatic rings. The van der Waals surface area contributed by atoms with E-state index in [-0.39, 0.29) is 5.82 Å². The molecular formula is C23H29FN3-. The van der Waals surface area contributed by atoms with Gasteiger partial charge in [0.25, 0.3) is 0 Å². The van der Waals surface area contributed by atoms with Crippen molar-refractivity contribution in [2.75, 3.05) is 11.9 Å².